The van der Waals surface area contributed by atoms with E-state index in [0.717, 1.165) is 18.6 Å². The van der Waals surface area contributed by atoms with Crippen molar-refractivity contribution < 1.29 is 13.2 Å². The van der Waals surface area contributed by atoms with Crippen molar-refractivity contribution >= 4 is 9.84 Å². The lowest BCUT2D eigenvalue weighted by atomic mass is 10.1. The average molecular weight is 299 g/mol. The SMILES string of the molecule is CCS(=O)(=O)CCCOc1ccc(CCC(C)N)cc1. The van der Waals surface area contributed by atoms with Crippen LogP contribution in [0.4, 0.5) is 0 Å². The molecular formula is C15H25NO3S. The minimum absolute atomic E-state index is 0.190. The number of sulfone groups is 1. The maximum atomic E-state index is 11.3. The highest BCUT2D eigenvalue weighted by Gasteiger charge is 2.06. The number of benzene rings is 1. The third-order valence-corrected chi connectivity index (χ3v) is 4.91. The largest absolute Gasteiger partial charge is 0.494 e. The van der Waals surface area contributed by atoms with E-state index in [1.54, 1.807) is 6.92 Å². The summed E-state index contributed by atoms with van der Waals surface area (Å²) in [6, 6.07) is 8.11. The summed E-state index contributed by atoms with van der Waals surface area (Å²) in [6.45, 7) is 4.09. The van der Waals surface area contributed by atoms with Crippen LogP contribution in [0.3, 0.4) is 0 Å². The smallest absolute Gasteiger partial charge is 0.150 e. The van der Waals surface area contributed by atoms with Gasteiger partial charge in [-0.05, 0) is 43.9 Å². The van der Waals surface area contributed by atoms with Crippen molar-refractivity contribution in [3.8, 4) is 5.75 Å². The molecule has 0 bridgehead atoms. The van der Waals surface area contributed by atoms with Crippen LogP contribution >= 0.6 is 0 Å². The Hall–Kier alpha value is -1.07. The summed E-state index contributed by atoms with van der Waals surface area (Å²) in [5.41, 5.74) is 6.96. The van der Waals surface area contributed by atoms with Gasteiger partial charge in [0.15, 0.2) is 0 Å². The first kappa shape index (κ1) is 17.0. The van der Waals surface area contributed by atoms with E-state index in [1.807, 2.05) is 31.2 Å². The third kappa shape index (κ3) is 6.91. The van der Waals surface area contributed by atoms with E-state index in [-0.39, 0.29) is 17.5 Å². The van der Waals surface area contributed by atoms with Crippen molar-refractivity contribution in [3.63, 3.8) is 0 Å². The molecule has 1 aromatic carbocycles. The molecular weight excluding hydrogens is 274 g/mol. The molecule has 0 spiro atoms. The van der Waals surface area contributed by atoms with Crippen LogP contribution in [0.25, 0.3) is 0 Å². The second-order valence-corrected chi connectivity index (χ2v) is 7.57. The Kier molecular flexibility index (Phi) is 7.02. The Morgan fingerprint density at radius 3 is 2.45 bits per heavy atom. The van der Waals surface area contributed by atoms with Gasteiger partial charge in [0.05, 0.1) is 12.4 Å². The van der Waals surface area contributed by atoms with Crippen molar-refractivity contribution in [2.24, 2.45) is 5.73 Å². The predicted molar refractivity (Wildman–Crippen MR) is 82.9 cm³/mol. The van der Waals surface area contributed by atoms with Gasteiger partial charge >= 0.3 is 0 Å². The first-order chi connectivity index (χ1) is 9.43. The normalized spacial score (nSPS) is 13.2. The summed E-state index contributed by atoms with van der Waals surface area (Å²) in [4.78, 5) is 0. The zero-order valence-electron chi connectivity index (χ0n) is 12.3. The Balaban J connectivity index is 2.31. The molecule has 0 fully saturated rings. The molecule has 0 aromatic heterocycles. The fraction of sp³-hybridized carbons (Fsp3) is 0.600. The van der Waals surface area contributed by atoms with Gasteiger partial charge in [-0.2, -0.15) is 0 Å². The average Bonchev–Trinajstić information content (AvgIpc) is 2.42. The summed E-state index contributed by atoms with van der Waals surface area (Å²) in [5.74, 6) is 1.17. The molecule has 0 radical (unpaired) electrons. The number of ether oxygens (including phenoxy) is 1. The number of hydrogen-bond acceptors (Lipinski definition) is 4. The molecule has 20 heavy (non-hydrogen) atoms. The predicted octanol–water partition coefficient (Wildman–Crippen LogP) is 2.17. The molecule has 114 valence electrons. The molecule has 5 heteroatoms. The van der Waals surface area contributed by atoms with E-state index in [1.165, 1.54) is 5.56 Å². The van der Waals surface area contributed by atoms with Gasteiger partial charge in [0.1, 0.15) is 15.6 Å². The Morgan fingerprint density at radius 1 is 1.25 bits per heavy atom. The Morgan fingerprint density at radius 2 is 1.90 bits per heavy atom. The van der Waals surface area contributed by atoms with Crippen molar-refractivity contribution in [1.82, 2.24) is 0 Å². The van der Waals surface area contributed by atoms with Crippen molar-refractivity contribution in [3.05, 3.63) is 29.8 Å². The highest BCUT2D eigenvalue weighted by molar-refractivity contribution is 7.91. The minimum atomic E-state index is -2.89. The highest BCUT2D eigenvalue weighted by Crippen LogP contribution is 2.14. The molecule has 0 aliphatic heterocycles. The van der Waals surface area contributed by atoms with E-state index < -0.39 is 9.84 Å². The lowest BCUT2D eigenvalue weighted by molar-refractivity contribution is 0.317. The molecule has 0 saturated carbocycles. The van der Waals surface area contributed by atoms with Gasteiger partial charge in [0.25, 0.3) is 0 Å². The maximum Gasteiger partial charge on any atom is 0.150 e. The zero-order valence-corrected chi connectivity index (χ0v) is 13.2. The molecule has 0 saturated heterocycles. The van der Waals surface area contributed by atoms with Gasteiger partial charge in [0, 0.05) is 11.8 Å². The molecule has 0 amide bonds. The van der Waals surface area contributed by atoms with Gasteiger partial charge in [-0.25, -0.2) is 8.42 Å². The van der Waals surface area contributed by atoms with Gasteiger partial charge < -0.3 is 10.5 Å². The summed E-state index contributed by atoms with van der Waals surface area (Å²) in [5, 5.41) is 0. The summed E-state index contributed by atoms with van der Waals surface area (Å²) < 4.78 is 28.2. The molecule has 1 rings (SSSR count). The summed E-state index contributed by atoms with van der Waals surface area (Å²) >= 11 is 0. The molecule has 1 aromatic rings. The van der Waals surface area contributed by atoms with E-state index >= 15 is 0 Å². The number of rotatable bonds is 9. The van der Waals surface area contributed by atoms with Crippen LogP contribution in [0.15, 0.2) is 24.3 Å². The van der Waals surface area contributed by atoms with Crippen molar-refractivity contribution in [1.29, 1.82) is 0 Å². The quantitative estimate of drug-likeness (QED) is 0.710. The van der Waals surface area contributed by atoms with Gasteiger partial charge in [-0.3, -0.25) is 0 Å². The monoisotopic (exact) mass is 299 g/mol. The van der Waals surface area contributed by atoms with Crippen molar-refractivity contribution in [2.45, 2.75) is 39.2 Å². The Labute approximate surface area is 122 Å². The van der Waals surface area contributed by atoms with Crippen LogP contribution < -0.4 is 10.5 Å². The Bertz CT molecular complexity index is 480. The molecule has 0 aliphatic carbocycles. The molecule has 0 aliphatic rings. The standard InChI is InChI=1S/C15H25NO3S/c1-3-20(17,18)12-4-11-19-15-9-7-14(8-10-15)6-5-13(2)16/h7-10,13H,3-6,11-12,16H2,1-2H3. The van der Waals surface area contributed by atoms with Crippen LogP contribution in [0.1, 0.15) is 32.3 Å². The van der Waals surface area contributed by atoms with Gasteiger partial charge in [-0.15, -0.1) is 0 Å². The van der Waals surface area contributed by atoms with E-state index in [0.29, 0.717) is 13.0 Å². The molecule has 1 unspecified atom stereocenters. The lowest BCUT2D eigenvalue weighted by Gasteiger charge is -2.08. The maximum absolute atomic E-state index is 11.3. The second kappa shape index (κ2) is 8.27. The van der Waals surface area contributed by atoms with Crippen molar-refractivity contribution in [2.75, 3.05) is 18.1 Å². The number of nitrogens with two attached hydrogens (primary N) is 1. The fourth-order valence-corrected chi connectivity index (χ4v) is 2.61. The number of aryl methyl sites for hydroxylation is 1. The third-order valence-electron chi connectivity index (χ3n) is 3.12. The lowest BCUT2D eigenvalue weighted by Crippen LogP contribution is -2.15. The first-order valence-corrected chi connectivity index (χ1v) is 8.93. The van der Waals surface area contributed by atoms with Crippen LogP contribution in [0.2, 0.25) is 0 Å². The van der Waals surface area contributed by atoms with Crippen LogP contribution in [0, 0.1) is 0 Å². The first-order valence-electron chi connectivity index (χ1n) is 7.10. The molecule has 2 N–H and O–H groups in total. The van der Waals surface area contributed by atoms with Crippen LogP contribution in [0.5, 0.6) is 5.75 Å². The molecule has 1 atom stereocenters. The minimum Gasteiger partial charge on any atom is -0.494 e. The van der Waals surface area contributed by atoms with Crippen LogP contribution in [-0.2, 0) is 16.3 Å². The second-order valence-electron chi connectivity index (χ2n) is 5.10. The summed E-state index contributed by atoms with van der Waals surface area (Å²) in [6.07, 6.45) is 2.46. The van der Waals surface area contributed by atoms with Gasteiger partial charge in [-0.1, -0.05) is 19.1 Å². The highest BCUT2D eigenvalue weighted by atomic mass is 32.2. The molecule has 0 heterocycles. The van der Waals surface area contributed by atoms with Gasteiger partial charge in [0.2, 0.25) is 0 Å². The zero-order chi connectivity index (χ0) is 15.0. The summed E-state index contributed by atoms with van der Waals surface area (Å²) in [7, 11) is -2.89. The number of hydrogen-bond donors (Lipinski definition) is 1. The molecule has 4 nitrogen and oxygen atoms in total. The topological polar surface area (TPSA) is 69.4 Å². The van der Waals surface area contributed by atoms with E-state index in [9.17, 15) is 8.42 Å². The fourth-order valence-electron chi connectivity index (χ4n) is 1.76. The van der Waals surface area contributed by atoms with Crippen LogP contribution in [-0.4, -0.2) is 32.6 Å². The van der Waals surface area contributed by atoms with E-state index in [2.05, 4.69) is 0 Å². The van der Waals surface area contributed by atoms with E-state index in [4.69, 9.17) is 10.5 Å².